The lowest BCUT2D eigenvalue weighted by Crippen LogP contribution is -3.14. The summed E-state index contributed by atoms with van der Waals surface area (Å²) in [6.45, 7) is 6.36. The van der Waals surface area contributed by atoms with E-state index in [0.717, 1.165) is 14.9 Å². The Bertz CT molecular complexity index is 609. The molecule has 0 aliphatic rings. The van der Waals surface area contributed by atoms with Gasteiger partial charge in [-0.3, -0.25) is 14.9 Å². The number of imide groups is 1. The average molecular weight is 415 g/mol. The van der Waals surface area contributed by atoms with Crippen LogP contribution < -0.4 is 15.5 Å². The van der Waals surface area contributed by atoms with Gasteiger partial charge in [0.25, 0.3) is 11.8 Å². The number of ether oxygens (including phenoxy) is 1. The molecule has 25 heavy (non-hydrogen) atoms. The van der Waals surface area contributed by atoms with Crippen molar-refractivity contribution in [1.29, 1.82) is 0 Å². The Kier molecular flexibility index (Phi) is 9.15. The van der Waals surface area contributed by atoms with Crippen molar-refractivity contribution in [2.45, 2.75) is 26.8 Å². The first-order chi connectivity index (χ1) is 11.9. The van der Waals surface area contributed by atoms with Gasteiger partial charge in [0.05, 0.1) is 19.2 Å². The maximum Gasteiger partial charge on any atom is 0.414 e. The second kappa shape index (κ2) is 10.8. The van der Waals surface area contributed by atoms with Crippen LogP contribution in [0.15, 0.2) is 28.7 Å². The Hall–Kier alpha value is -1.93. The van der Waals surface area contributed by atoms with E-state index in [1.807, 2.05) is 38.1 Å². The maximum absolute atomic E-state index is 12.2. The summed E-state index contributed by atoms with van der Waals surface area (Å²) >= 11 is 3.47. The van der Waals surface area contributed by atoms with Gasteiger partial charge in [-0.05, 0) is 32.4 Å². The van der Waals surface area contributed by atoms with E-state index in [2.05, 4.69) is 31.3 Å². The van der Waals surface area contributed by atoms with Crippen molar-refractivity contribution in [3.63, 3.8) is 0 Å². The van der Waals surface area contributed by atoms with Gasteiger partial charge in [0.15, 0.2) is 13.1 Å². The van der Waals surface area contributed by atoms with E-state index in [9.17, 15) is 14.4 Å². The summed E-state index contributed by atoms with van der Waals surface area (Å²) in [6, 6.07) is 7.52. The molecule has 8 heteroatoms. The largest absolute Gasteiger partial charge is 0.450 e. The van der Waals surface area contributed by atoms with Gasteiger partial charge in [0.1, 0.15) is 0 Å². The Morgan fingerprint density at radius 3 is 2.40 bits per heavy atom. The first-order valence-corrected chi connectivity index (χ1v) is 9.00. The van der Waals surface area contributed by atoms with Crippen molar-refractivity contribution in [1.82, 2.24) is 10.6 Å². The molecule has 1 rings (SSSR count). The summed E-state index contributed by atoms with van der Waals surface area (Å²) in [4.78, 5) is 36.0. The molecule has 0 radical (unpaired) electrons. The molecule has 7 nitrogen and oxygen atoms in total. The number of nitrogens with one attached hydrogen (secondary N) is 3. The number of alkyl carbamates (subject to hydrolysis) is 1. The standard InChI is InChI=1S/C17H24BrN3O4/c1-4-21(11-16(23)20-17(24)25-5-2)10-15(22)19-12(3)13-8-6-7-9-14(13)18/h6-9,12H,4-5,10-11H2,1-3H3,(H,19,22)(H,20,23,24)/p+1/t12-/m1/s1. The van der Waals surface area contributed by atoms with Crippen LogP contribution in [0.4, 0.5) is 4.79 Å². The number of carbonyl (C=O) groups excluding carboxylic acids is 3. The quantitative estimate of drug-likeness (QED) is 0.586. The van der Waals surface area contributed by atoms with Crippen LogP contribution in [0.5, 0.6) is 0 Å². The minimum absolute atomic E-state index is 0.0200. The van der Waals surface area contributed by atoms with E-state index in [4.69, 9.17) is 0 Å². The van der Waals surface area contributed by atoms with Crippen molar-refractivity contribution in [3.05, 3.63) is 34.3 Å². The SMILES string of the molecule is CCOC(=O)NC(=O)C[NH+](CC)CC(=O)N[C@H](C)c1ccccc1Br. The van der Waals surface area contributed by atoms with Gasteiger partial charge in [0.2, 0.25) is 0 Å². The fourth-order valence-corrected chi connectivity index (χ4v) is 2.92. The molecule has 2 atom stereocenters. The number of hydrogen-bond acceptors (Lipinski definition) is 4. The van der Waals surface area contributed by atoms with Gasteiger partial charge < -0.3 is 15.0 Å². The molecular weight excluding hydrogens is 390 g/mol. The van der Waals surface area contributed by atoms with E-state index in [0.29, 0.717) is 6.54 Å². The molecule has 0 heterocycles. The molecule has 3 amide bonds. The lowest BCUT2D eigenvalue weighted by Gasteiger charge is -2.19. The van der Waals surface area contributed by atoms with Gasteiger partial charge in [-0.15, -0.1) is 0 Å². The number of amides is 3. The topological polar surface area (TPSA) is 88.9 Å². The third-order valence-electron chi connectivity index (χ3n) is 3.59. The number of quaternary nitrogens is 1. The lowest BCUT2D eigenvalue weighted by molar-refractivity contribution is -0.881. The third-order valence-corrected chi connectivity index (χ3v) is 4.31. The first-order valence-electron chi connectivity index (χ1n) is 8.21. The average Bonchev–Trinajstić information content (AvgIpc) is 2.54. The summed E-state index contributed by atoms with van der Waals surface area (Å²) in [5.41, 5.74) is 0.981. The lowest BCUT2D eigenvalue weighted by atomic mass is 10.1. The van der Waals surface area contributed by atoms with Crippen LogP contribution in [0.3, 0.4) is 0 Å². The molecule has 0 bridgehead atoms. The van der Waals surface area contributed by atoms with Gasteiger partial charge >= 0.3 is 6.09 Å². The summed E-state index contributed by atoms with van der Waals surface area (Å²) in [5.74, 6) is -0.633. The van der Waals surface area contributed by atoms with Gasteiger partial charge in [-0.25, -0.2) is 4.79 Å². The van der Waals surface area contributed by atoms with Crippen molar-refractivity contribution in [2.24, 2.45) is 0 Å². The summed E-state index contributed by atoms with van der Waals surface area (Å²) < 4.78 is 5.58. The van der Waals surface area contributed by atoms with Crippen LogP contribution in [0.2, 0.25) is 0 Å². The van der Waals surface area contributed by atoms with Gasteiger partial charge in [0, 0.05) is 4.47 Å². The molecule has 138 valence electrons. The molecule has 1 unspecified atom stereocenters. The molecular formula is C17H25BrN3O4+. The summed E-state index contributed by atoms with van der Waals surface area (Å²) in [5, 5.41) is 5.06. The van der Waals surface area contributed by atoms with Crippen molar-refractivity contribution >= 4 is 33.8 Å². The van der Waals surface area contributed by atoms with Gasteiger partial charge in [-0.1, -0.05) is 34.1 Å². The fourth-order valence-electron chi connectivity index (χ4n) is 2.29. The first kappa shape index (κ1) is 21.1. The molecule has 0 aliphatic carbocycles. The number of hydrogen-bond donors (Lipinski definition) is 3. The number of carbonyl (C=O) groups is 3. The minimum Gasteiger partial charge on any atom is -0.450 e. The van der Waals surface area contributed by atoms with E-state index in [1.54, 1.807) is 6.92 Å². The second-order valence-corrected chi connectivity index (χ2v) is 6.39. The van der Waals surface area contributed by atoms with Crippen LogP contribution in [-0.2, 0) is 14.3 Å². The minimum atomic E-state index is -0.769. The van der Waals surface area contributed by atoms with Gasteiger partial charge in [-0.2, -0.15) is 0 Å². The second-order valence-electron chi connectivity index (χ2n) is 5.54. The number of halogens is 1. The van der Waals surface area contributed by atoms with E-state index in [-0.39, 0.29) is 31.6 Å². The van der Waals surface area contributed by atoms with E-state index in [1.165, 1.54) is 0 Å². The van der Waals surface area contributed by atoms with Crippen molar-refractivity contribution < 1.29 is 24.0 Å². The molecule has 3 N–H and O–H groups in total. The highest BCUT2D eigenvalue weighted by Crippen LogP contribution is 2.22. The predicted octanol–water partition coefficient (Wildman–Crippen LogP) is 0.804. The monoisotopic (exact) mass is 414 g/mol. The molecule has 1 aromatic rings. The van der Waals surface area contributed by atoms with Crippen LogP contribution in [-0.4, -0.2) is 44.1 Å². The Morgan fingerprint density at radius 1 is 1.16 bits per heavy atom. The zero-order chi connectivity index (χ0) is 18.8. The highest BCUT2D eigenvalue weighted by Gasteiger charge is 2.20. The molecule has 0 fully saturated rings. The van der Waals surface area contributed by atoms with Crippen molar-refractivity contribution in [3.8, 4) is 0 Å². The highest BCUT2D eigenvalue weighted by atomic mass is 79.9. The Labute approximate surface area is 156 Å². The smallest absolute Gasteiger partial charge is 0.414 e. The molecule has 0 aliphatic heterocycles. The molecule has 0 saturated heterocycles. The zero-order valence-corrected chi connectivity index (χ0v) is 16.3. The number of rotatable bonds is 8. The fraction of sp³-hybridized carbons (Fsp3) is 0.471. The molecule has 0 spiro atoms. The van der Waals surface area contributed by atoms with E-state index < -0.39 is 12.0 Å². The summed E-state index contributed by atoms with van der Waals surface area (Å²) in [7, 11) is 0. The normalized spacial score (nSPS) is 12.8. The number of likely N-dealkylation sites (N-methyl/N-ethyl adjacent to an activating group) is 1. The van der Waals surface area contributed by atoms with Crippen LogP contribution >= 0.6 is 15.9 Å². The Morgan fingerprint density at radius 2 is 1.80 bits per heavy atom. The van der Waals surface area contributed by atoms with E-state index >= 15 is 0 Å². The predicted molar refractivity (Wildman–Crippen MR) is 97.1 cm³/mol. The third kappa shape index (κ3) is 7.66. The summed E-state index contributed by atoms with van der Waals surface area (Å²) in [6.07, 6.45) is -0.769. The Balaban J connectivity index is 2.51. The molecule has 1 aromatic carbocycles. The highest BCUT2D eigenvalue weighted by molar-refractivity contribution is 9.10. The number of benzene rings is 1. The molecule has 0 aromatic heterocycles. The van der Waals surface area contributed by atoms with Crippen LogP contribution in [0.25, 0.3) is 0 Å². The zero-order valence-electron chi connectivity index (χ0n) is 14.7. The van der Waals surface area contributed by atoms with Crippen LogP contribution in [0.1, 0.15) is 32.4 Å². The van der Waals surface area contributed by atoms with Crippen molar-refractivity contribution in [2.75, 3.05) is 26.2 Å². The maximum atomic E-state index is 12.2. The van der Waals surface area contributed by atoms with Crippen LogP contribution in [0, 0.1) is 0 Å². The molecule has 0 saturated carbocycles.